The van der Waals surface area contributed by atoms with Crippen molar-refractivity contribution in [1.82, 2.24) is 5.32 Å². The van der Waals surface area contributed by atoms with E-state index >= 15 is 0 Å². The van der Waals surface area contributed by atoms with Gasteiger partial charge in [0, 0.05) is 12.6 Å². The van der Waals surface area contributed by atoms with Gasteiger partial charge in [-0.3, -0.25) is 9.10 Å². The number of anilines is 1. The largest absolute Gasteiger partial charge is 0.497 e. The summed E-state index contributed by atoms with van der Waals surface area (Å²) in [4.78, 5) is 12.8. The van der Waals surface area contributed by atoms with Crippen LogP contribution in [0.1, 0.15) is 11.1 Å². The second kappa shape index (κ2) is 10.7. The number of ether oxygens (including phenoxy) is 3. The minimum Gasteiger partial charge on any atom is -0.497 e. The van der Waals surface area contributed by atoms with Crippen molar-refractivity contribution in [2.45, 2.75) is 18.2 Å². The number of carbonyl (C=O) groups excluding carboxylic acids is 1. The number of rotatable bonds is 9. The molecule has 1 N–H and O–H groups in total. The number of methoxy groups -OCH3 is 1. The molecule has 3 aromatic rings. The van der Waals surface area contributed by atoms with Crippen LogP contribution >= 0.6 is 0 Å². The van der Waals surface area contributed by atoms with Crippen LogP contribution in [-0.2, 0) is 21.2 Å². The van der Waals surface area contributed by atoms with Gasteiger partial charge in [-0.15, -0.1) is 0 Å². The monoisotopic (exact) mass is 496 g/mol. The van der Waals surface area contributed by atoms with Crippen LogP contribution in [0, 0.1) is 6.92 Å². The van der Waals surface area contributed by atoms with E-state index in [0.717, 1.165) is 21.2 Å². The Morgan fingerprint density at radius 3 is 2.34 bits per heavy atom. The van der Waals surface area contributed by atoms with Crippen LogP contribution in [0.5, 0.6) is 17.2 Å². The average molecular weight is 497 g/mol. The van der Waals surface area contributed by atoms with Crippen molar-refractivity contribution in [1.29, 1.82) is 0 Å². The molecule has 9 heteroatoms. The summed E-state index contributed by atoms with van der Waals surface area (Å²) >= 11 is 0. The standard InChI is InChI=1S/C26H28N2O6S/c1-19-3-7-21(8-4-19)28(18-26(29)27-14-13-20-5-9-22(32-2)10-6-20)35(30,31)23-11-12-24-25(17-23)34-16-15-33-24/h3-12,17H,13-16,18H2,1-2H3,(H,27,29). The first kappa shape index (κ1) is 24.4. The summed E-state index contributed by atoms with van der Waals surface area (Å²) in [5, 5.41) is 2.82. The highest BCUT2D eigenvalue weighted by Gasteiger charge is 2.29. The number of carbonyl (C=O) groups is 1. The van der Waals surface area contributed by atoms with Crippen molar-refractivity contribution in [3.63, 3.8) is 0 Å². The van der Waals surface area contributed by atoms with Gasteiger partial charge in [-0.1, -0.05) is 29.8 Å². The zero-order valence-electron chi connectivity index (χ0n) is 19.7. The Morgan fingerprint density at radius 2 is 1.66 bits per heavy atom. The number of fused-ring (bicyclic) bond motifs is 1. The molecular formula is C26H28N2O6S. The Kier molecular flexibility index (Phi) is 7.45. The second-order valence-electron chi connectivity index (χ2n) is 8.10. The van der Waals surface area contributed by atoms with E-state index in [4.69, 9.17) is 14.2 Å². The quantitative estimate of drug-likeness (QED) is 0.488. The highest BCUT2D eigenvalue weighted by Crippen LogP contribution is 2.34. The van der Waals surface area contributed by atoms with Crippen molar-refractivity contribution in [2.24, 2.45) is 0 Å². The molecule has 0 bridgehead atoms. The first-order chi connectivity index (χ1) is 16.9. The predicted octanol–water partition coefficient (Wildman–Crippen LogP) is 3.33. The van der Waals surface area contributed by atoms with Crippen molar-refractivity contribution < 1.29 is 27.4 Å². The van der Waals surface area contributed by atoms with Gasteiger partial charge in [0.15, 0.2) is 11.5 Å². The molecule has 0 atom stereocenters. The minimum atomic E-state index is -4.06. The Bertz CT molecular complexity index is 1270. The highest BCUT2D eigenvalue weighted by molar-refractivity contribution is 7.92. The smallest absolute Gasteiger partial charge is 0.264 e. The van der Waals surface area contributed by atoms with Crippen molar-refractivity contribution >= 4 is 21.6 Å². The lowest BCUT2D eigenvalue weighted by Crippen LogP contribution is -2.41. The Balaban J connectivity index is 1.51. The van der Waals surface area contributed by atoms with Gasteiger partial charge >= 0.3 is 0 Å². The molecule has 4 rings (SSSR count). The molecule has 0 fully saturated rings. The third kappa shape index (κ3) is 5.86. The van der Waals surface area contributed by atoms with Crippen LogP contribution in [0.25, 0.3) is 0 Å². The van der Waals surface area contributed by atoms with Crippen LogP contribution in [0.2, 0.25) is 0 Å². The van der Waals surface area contributed by atoms with Gasteiger partial charge in [0.05, 0.1) is 17.7 Å². The lowest BCUT2D eigenvalue weighted by Gasteiger charge is -2.25. The maximum absolute atomic E-state index is 13.6. The maximum Gasteiger partial charge on any atom is 0.264 e. The Labute approximate surface area is 205 Å². The summed E-state index contributed by atoms with van der Waals surface area (Å²) in [7, 11) is -2.45. The number of nitrogens with zero attached hydrogens (tertiary/aromatic N) is 1. The van der Waals surface area contributed by atoms with Gasteiger partial charge in [-0.25, -0.2) is 8.42 Å². The zero-order chi connectivity index (χ0) is 24.8. The highest BCUT2D eigenvalue weighted by atomic mass is 32.2. The lowest BCUT2D eigenvalue weighted by molar-refractivity contribution is -0.119. The topological polar surface area (TPSA) is 94.2 Å². The number of nitrogens with one attached hydrogen (secondary N) is 1. The van der Waals surface area contributed by atoms with Gasteiger partial charge < -0.3 is 19.5 Å². The van der Waals surface area contributed by atoms with Crippen LogP contribution in [0.4, 0.5) is 5.69 Å². The molecule has 0 unspecified atom stereocenters. The third-order valence-corrected chi connectivity index (χ3v) is 7.38. The number of benzene rings is 3. The average Bonchev–Trinajstić information content (AvgIpc) is 2.88. The van der Waals surface area contributed by atoms with E-state index in [0.29, 0.717) is 43.4 Å². The Hall–Kier alpha value is -3.72. The molecule has 1 amide bonds. The fourth-order valence-corrected chi connectivity index (χ4v) is 5.10. The first-order valence-electron chi connectivity index (χ1n) is 11.3. The molecule has 1 aliphatic heterocycles. The maximum atomic E-state index is 13.6. The number of amides is 1. The van der Waals surface area contributed by atoms with E-state index in [-0.39, 0.29) is 11.4 Å². The van der Waals surface area contributed by atoms with Crippen molar-refractivity contribution in [3.8, 4) is 17.2 Å². The fourth-order valence-electron chi connectivity index (χ4n) is 3.66. The lowest BCUT2D eigenvalue weighted by atomic mass is 10.1. The van der Waals surface area contributed by atoms with E-state index in [1.54, 1.807) is 25.3 Å². The molecule has 0 aliphatic carbocycles. The summed E-state index contributed by atoms with van der Waals surface area (Å²) < 4.78 is 44.6. The molecule has 0 spiro atoms. The number of hydrogen-bond acceptors (Lipinski definition) is 6. The van der Waals surface area contributed by atoms with Crippen LogP contribution in [0.3, 0.4) is 0 Å². The fraction of sp³-hybridized carbons (Fsp3) is 0.269. The second-order valence-corrected chi connectivity index (χ2v) is 9.96. The summed E-state index contributed by atoms with van der Waals surface area (Å²) in [5.74, 6) is 1.22. The molecule has 1 aliphatic rings. The molecule has 184 valence electrons. The molecule has 35 heavy (non-hydrogen) atoms. The van der Waals surface area contributed by atoms with Crippen molar-refractivity contribution in [3.05, 3.63) is 77.9 Å². The van der Waals surface area contributed by atoms with Gasteiger partial charge in [-0.2, -0.15) is 0 Å². The molecule has 0 saturated heterocycles. The summed E-state index contributed by atoms with van der Waals surface area (Å²) in [6, 6.07) is 19.0. The van der Waals surface area contributed by atoms with Crippen LogP contribution in [0.15, 0.2) is 71.6 Å². The molecular weight excluding hydrogens is 468 g/mol. The summed E-state index contributed by atoms with van der Waals surface area (Å²) in [6.45, 7) is 2.68. The van der Waals surface area contributed by atoms with Gasteiger partial charge in [0.1, 0.15) is 25.5 Å². The third-order valence-electron chi connectivity index (χ3n) is 5.61. The van der Waals surface area contributed by atoms with Crippen LogP contribution < -0.4 is 23.8 Å². The van der Waals surface area contributed by atoms with Gasteiger partial charge in [0.2, 0.25) is 5.91 Å². The number of aryl methyl sites for hydroxylation is 1. The minimum absolute atomic E-state index is 0.0216. The summed E-state index contributed by atoms with van der Waals surface area (Å²) in [6.07, 6.45) is 0.606. The van der Waals surface area contributed by atoms with Gasteiger partial charge in [-0.05, 0) is 55.3 Å². The van der Waals surface area contributed by atoms with Gasteiger partial charge in [0.25, 0.3) is 10.0 Å². The molecule has 0 saturated carbocycles. The van der Waals surface area contributed by atoms with Crippen molar-refractivity contribution in [2.75, 3.05) is 37.7 Å². The predicted molar refractivity (Wildman–Crippen MR) is 133 cm³/mol. The number of hydrogen-bond donors (Lipinski definition) is 1. The molecule has 0 aromatic heterocycles. The SMILES string of the molecule is COc1ccc(CCNC(=O)CN(c2ccc(C)cc2)S(=O)(=O)c2ccc3c(c2)OCCO3)cc1. The summed E-state index contributed by atoms with van der Waals surface area (Å²) in [5.41, 5.74) is 2.41. The zero-order valence-corrected chi connectivity index (χ0v) is 20.5. The van der Waals surface area contributed by atoms with E-state index in [1.807, 2.05) is 43.3 Å². The van der Waals surface area contributed by atoms with E-state index in [2.05, 4.69) is 5.32 Å². The van der Waals surface area contributed by atoms with E-state index in [9.17, 15) is 13.2 Å². The molecule has 8 nitrogen and oxygen atoms in total. The number of sulfonamides is 1. The van der Waals surface area contributed by atoms with Crippen LogP contribution in [-0.4, -0.2) is 47.7 Å². The molecule has 1 heterocycles. The Morgan fingerprint density at radius 1 is 0.971 bits per heavy atom. The van der Waals surface area contributed by atoms with E-state index in [1.165, 1.54) is 12.1 Å². The molecule has 0 radical (unpaired) electrons. The molecule has 3 aromatic carbocycles. The normalized spacial score (nSPS) is 12.6. The van der Waals surface area contributed by atoms with E-state index < -0.39 is 15.9 Å². The first-order valence-corrected chi connectivity index (χ1v) is 12.7.